The average molecular weight is 355 g/mol. The van der Waals surface area contributed by atoms with E-state index in [-0.39, 0.29) is 0 Å². The summed E-state index contributed by atoms with van der Waals surface area (Å²) in [5.41, 5.74) is 2.10. The summed E-state index contributed by atoms with van der Waals surface area (Å²) >= 11 is 0. The van der Waals surface area contributed by atoms with Gasteiger partial charge in [0.2, 0.25) is 5.95 Å². The zero-order valence-corrected chi connectivity index (χ0v) is 16.1. The summed E-state index contributed by atoms with van der Waals surface area (Å²) in [6, 6.07) is 12.4. The zero-order valence-electron chi connectivity index (χ0n) is 16.1. The first-order valence-corrected chi connectivity index (χ1v) is 9.46. The number of aromatic nitrogens is 2. The minimum atomic E-state index is 0.828. The number of benzene rings is 1. The number of likely N-dealkylation sites (N-methyl/N-ethyl adjacent to an activating group) is 2. The molecule has 6 nitrogen and oxygen atoms in total. The summed E-state index contributed by atoms with van der Waals surface area (Å²) in [5, 5.41) is 3.46. The molecule has 0 bridgehead atoms. The zero-order chi connectivity index (χ0) is 18.4. The fraction of sp³-hybridized carbons (Fsp3) is 0.500. The van der Waals surface area contributed by atoms with Crippen molar-refractivity contribution in [2.45, 2.75) is 6.92 Å². The van der Waals surface area contributed by atoms with Gasteiger partial charge in [-0.05, 0) is 20.6 Å². The summed E-state index contributed by atoms with van der Waals surface area (Å²) in [6.07, 6.45) is 0. The van der Waals surface area contributed by atoms with E-state index < -0.39 is 0 Å². The van der Waals surface area contributed by atoms with E-state index in [0.717, 1.165) is 68.8 Å². The summed E-state index contributed by atoms with van der Waals surface area (Å²) in [6.45, 7) is 9.24. The lowest BCUT2D eigenvalue weighted by Gasteiger charge is -2.34. The van der Waals surface area contributed by atoms with E-state index in [2.05, 4.69) is 71.4 Å². The van der Waals surface area contributed by atoms with E-state index in [1.165, 1.54) is 0 Å². The topological polar surface area (TPSA) is 47.5 Å². The van der Waals surface area contributed by atoms with E-state index >= 15 is 0 Å². The molecular formula is C20H30N6. The molecule has 1 aromatic carbocycles. The number of rotatable bonds is 7. The van der Waals surface area contributed by atoms with Gasteiger partial charge in [0.15, 0.2) is 0 Å². The molecule has 1 aliphatic rings. The lowest BCUT2D eigenvalue weighted by molar-refractivity contribution is 0.270. The third-order valence-corrected chi connectivity index (χ3v) is 4.75. The quantitative estimate of drug-likeness (QED) is 0.823. The number of anilines is 2. The van der Waals surface area contributed by atoms with Crippen molar-refractivity contribution in [1.82, 2.24) is 19.8 Å². The molecule has 1 fully saturated rings. The largest absolute Gasteiger partial charge is 0.369 e. The lowest BCUT2D eigenvalue weighted by atomic mass is 10.1. The fourth-order valence-electron chi connectivity index (χ4n) is 3.09. The van der Waals surface area contributed by atoms with E-state index in [9.17, 15) is 0 Å². The second-order valence-electron chi connectivity index (χ2n) is 6.96. The van der Waals surface area contributed by atoms with Gasteiger partial charge in [0.05, 0.1) is 5.69 Å². The summed E-state index contributed by atoms with van der Waals surface area (Å²) in [4.78, 5) is 16.6. The monoisotopic (exact) mass is 354 g/mol. The lowest BCUT2D eigenvalue weighted by Crippen LogP contribution is -2.46. The molecule has 1 aliphatic heterocycles. The molecular weight excluding hydrogens is 324 g/mol. The molecule has 3 rings (SSSR count). The predicted molar refractivity (Wildman–Crippen MR) is 109 cm³/mol. The molecule has 1 aromatic heterocycles. The highest BCUT2D eigenvalue weighted by atomic mass is 15.3. The Labute approximate surface area is 156 Å². The maximum atomic E-state index is 4.87. The van der Waals surface area contributed by atoms with Gasteiger partial charge in [-0.2, -0.15) is 4.98 Å². The van der Waals surface area contributed by atoms with Crippen LogP contribution in [0.2, 0.25) is 0 Å². The van der Waals surface area contributed by atoms with Crippen molar-refractivity contribution in [3.63, 3.8) is 0 Å². The smallest absolute Gasteiger partial charge is 0.227 e. The van der Waals surface area contributed by atoms with Crippen molar-refractivity contribution >= 4 is 11.8 Å². The van der Waals surface area contributed by atoms with Crippen molar-refractivity contribution < 1.29 is 0 Å². The number of piperazine rings is 1. The Balaban J connectivity index is 1.83. The number of hydrogen-bond donors (Lipinski definition) is 1. The Morgan fingerprint density at radius 1 is 1.04 bits per heavy atom. The van der Waals surface area contributed by atoms with Gasteiger partial charge in [-0.15, -0.1) is 0 Å². The van der Waals surface area contributed by atoms with E-state index in [4.69, 9.17) is 9.97 Å². The maximum absolute atomic E-state index is 4.87. The van der Waals surface area contributed by atoms with E-state index in [1.807, 2.05) is 6.07 Å². The molecule has 26 heavy (non-hydrogen) atoms. The van der Waals surface area contributed by atoms with Crippen LogP contribution in [-0.2, 0) is 0 Å². The highest BCUT2D eigenvalue weighted by Crippen LogP contribution is 2.23. The minimum Gasteiger partial charge on any atom is -0.369 e. The van der Waals surface area contributed by atoms with E-state index in [0.29, 0.717) is 0 Å². The summed E-state index contributed by atoms with van der Waals surface area (Å²) < 4.78 is 0. The Morgan fingerprint density at radius 2 is 1.77 bits per heavy atom. The minimum absolute atomic E-state index is 0.828. The van der Waals surface area contributed by atoms with Crippen LogP contribution in [0.15, 0.2) is 36.4 Å². The Bertz CT molecular complexity index is 680. The molecule has 2 aromatic rings. The maximum Gasteiger partial charge on any atom is 0.227 e. The van der Waals surface area contributed by atoms with Crippen molar-refractivity contribution in [2.75, 3.05) is 70.1 Å². The summed E-state index contributed by atoms with van der Waals surface area (Å²) in [5.74, 6) is 1.73. The molecule has 140 valence electrons. The molecule has 6 heteroatoms. The third kappa shape index (κ3) is 4.93. The van der Waals surface area contributed by atoms with Gasteiger partial charge in [-0.25, -0.2) is 4.98 Å². The Hall–Kier alpha value is -2.18. The molecule has 0 aliphatic carbocycles. The van der Waals surface area contributed by atoms with Gasteiger partial charge in [0.1, 0.15) is 5.82 Å². The molecule has 0 unspecified atom stereocenters. The third-order valence-electron chi connectivity index (χ3n) is 4.75. The van der Waals surface area contributed by atoms with Crippen LogP contribution >= 0.6 is 0 Å². The van der Waals surface area contributed by atoms with Crippen molar-refractivity contribution in [1.29, 1.82) is 0 Å². The molecule has 1 saturated heterocycles. The van der Waals surface area contributed by atoms with Crippen LogP contribution in [0, 0.1) is 0 Å². The molecule has 2 heterocycles. The van der Waals surface area contributed by atoms with Gasteiger partial charge < -0.3 is 20.0 Å². The van der Waals surface area contributed by atoms with Crippen molar-refractivity contribution in [3.05, 3.63) is 36.4 Å². The first-order valence-electron chi connectivity index (χ1n) is 9.46. The van der Waals surface area contributed by atoms with Crippen LogP contribution in [-0.4, -0.2) is 79.7 Å². The molecule has 0 amide bonds. The SMILES string of the molecule is CCN1CCN(c2nc(NCCN(C)C)cc(-c3ccccc3)n2)CC1. The van der Waals surface area contributed by atoms with Crippen LogP contribution in [0.4, 0.5) is 11.8 Å². The van der Waals surface area contributed by atoms with Gasteiger partial charge in [0.25, 0.3) is 0 Å². The molecule has 0 spiro atoms. The first kappa shape index (κ1) is 18.6. The average Bonchev–Trinajstić information content (AvgIpc) is 2.68. The normalized spacial score (nSPS) is 15.5. The molecule has 0 saturated carbocycles. The van der Waals surface area contributed by atoms with Crippen LogP contribution in [0.3, 0.4) is 0 Å². The number of nitrogens with zero attached hydrogens (tertiary/aromatic N) is 5. The van der Waals surface area contributed by atoms with Crippen LogP contribution in [0.5, 0.6) is 0 Å². The Morgan fingerprint density at radius 3 is 2.42 bits per heavy atom. The standard InChI is InChI=1S/C20H30N6/c1-4-25-12-14-26(15-13-25)20-22-18(17-8-6-5-7-9-17)16-19(23-20)21-10-11-24(2)3/h5-9,16H,4,10-15H2,1-3H3,(H,21,22,23). The van der Waals surface area contributed by atoms with Gasteiger partial charge in [-0.3, -0.25) is 0 Å². The molecule has 0 radical (unpaired) electrons. The fourth-order valence-corrected chi connectivity index (χ4v) is 3.09. The summed E-state index contributed by atoms with van der Waals surface area (Å²) in [7, 11) is 4.16. The van der Waals surface area contributed by atoms with Crippen LogP contribution < -0.4 is 10.2 Å². The van der Waals surface area contributed by atoms with Crippen molar-refractivity contribution in [2.24, 2.45) is 0 Å². The first-order chi connectivity index (χ1) is 12.7. The van der Waals surface area contributed by atoms with Gasteiger partial charge >= 0.3 is 0 Å². The molecule has 1 N–H and O–H groups in total. The Kier molecular flexibility index (Phi) is 6.41. The second-order valence-corrected chi connectivity index (χ2v) is 6.96. The van der Waals surface area contributed by atoms with Crippen molar-refractivity contribution in [3.8, 4) is 11.3 Å². The number of hydrogen-bond acceptors (Lipinski definition) is 6. The van der Waals surface area contributed by atoms with Crippen LogP contribution in [0.25, 0.3) is 11.3 Å². The van der Waals surface area contributed by atoms with Gasteiger partial charge in [-0.1, -0.05) is 37.3 Å². The number of nitrogens with one attached hydrogen (secondary N) is 1. The molecule has 0 atom stereocenters. The predicted octanol–water partition coefficient (Wildman–Crippen LogP) is 2.26. The highest BCUT2D eigenvalue weighted by Gasteiger charge is 2.19. The van der Waals surface area contributed by atoms with E-state index in [1.54, 1.807) is 0 Å². The second kappa shape index (κ2) is 8.96. The van der Waals surface area contributed by atoms with Crippen LogP contribution in [0.1, 0.15) is 6.92 Å². The van der Waals surface area contributed by atoms with Gasteiger partial charge in [0, 0.05) is 50.9 Å². The highest BCUT2D eigenvalue weighted by molar-refractivity contribution is 5.64.